The van der Waals surface area contributed by atoms with E-state index >= 15 is 0 Å². The smallest absolute Gasteiger partial charge is 0.0417 e. The minimum atomic E-state index is 0.378. The maximum absolute atomic E-state index is 6.06. The van der Waals surface area contributed by atoms with Crippen molar-refractivity contribution in [2.75, 3.05) is 7.05 Å². The van der Waals surface area contributed by atoms with Crippen LogP contribution in [0, 0.1) is 5.41 Å². The van der Waals surface area contributed by atoms with E-state index in [4.69, 9.17) is 11.6 Å². The first-order valence-corrected chi connectivity index (χ1v) is 7.88. The van der Waals surface area contributed by atoms with Gasteiger partial charge in [-0.1, -0.05) is 37.9 Å². The molecule has 0 amide bonds. The molecule has 1 N–H and O–H groups in total. The molecule has 1 nitrogen and oxygen atoms in total. The molecule has 3 heteroatoms. The van der Waals surface area contributed by atoms with Crippen molar-refractivity contribution in [1.29, 1.82) is 0 Å². The zero-order valence-electron chi connectivity index (χ0n) is 11.4. The summed E-state index contributed by atoms with van der Waals surface area (Å²) in [6.07, 6.45) is 3.92. The van der Waals surface area contributed by atoms with Crippen molar-refractivity contribution in [3.05, 3.63) is 29.3 Å². The Morgan fingerprint density at radius 3 is 2.83 bits per heavy atom. The Kier molecular flexibility index (Phi) is 4.63. The third-order valence-corrected chi connectivity index (χ3v) is 5.49. The van der Waals surface area contributed by atoms with Crippen molar-refractivity contribution in [3.8, 4) is 0 Å². The van der Waals surface area contributed by atoms with Gasteiger partial charge in [-0.2, -0.15) is 0 Å². The molecule has 1 aromatic carbocycles. The molecular formula is C15H22ClNS. The lowest BCUT2D eigenvalue weighted by atomic mass is 9.73. The molecule has 1 aliphatic rings. The Morgan fingerprint density at radius 1 is 1.39 bits per heavy atom. The second kappa shape index (κ2) is 5.85. The Hall–Kier alpha value is -0.180. The molecule has 2 atom stereocenters. The Balaban J connectivity index is 2.12. The van der Waals surface area contributed by atoms with Crippen molar-refractivity contribution in [2.45, 2.75) is 49.3 Å². The Bertz CT molecular complexity index is 405. The molecule has 2 rings (SSSR count). The molecule has 1 saturated carbocycles. The topological polar surface area (TPSA) is 12.0 Å². The molecule has 0 aromatic heterocycles. The number of thioether (sulfide) groups is 1. The maximum atomic E-state index is 6.06. The third-order valence-electron chi connectivity index (χ3n) is 3.92. The van der Waals surface area contributed by atoms with Gasteiger partial charge in [0, 0.05) is 21.2 Å². The lowest BCUT2D eigenvalue weighted by Gasteiger charge is -2.43. The van der Waals surface area contributed by atoms with Crippen molar-refractivity contribution in [1.82, 2.24) is 5.32 Å². The molecule has 2 unspecified atom stereocenters. The van der Waals surface area contributed by atoms with E-state index in [-0.39, 0.29) is 0 Å². The number of benzene rings is 1. The van der Waals surface area contributed by atoms with Gasteiger partial charge in [-0.15, -0.1) is 11.8 Å². The summed E-state index contributed by atoms with van der Waals surface area (Å²) in [5.74, 6) is 0. The molecule has 0 bridgehead atoms. The van der Waals surface area contributed by atoms with E-state index in [1.54, 1.807) is 0 Å². The van der Waals surface area contributed by atoms with E-state index in [1.165, 1.54) is 24.2 Å². The lowest BCUT2D eigenvalue weighted by molar-refractivity contribution is 0.182. The number of hydrogen-bond acceptors (Lipinski definition) is 2. The average Bonchev–Trinajstić information content (AvgIpc) is 2.28. The largest absolute Gasteiger partial charge is 0.315 e. The summed E-state index contributed by atoms with van der Waals surface area (Å²) in [6, 6.07) is 8.76. The molecule has 0 heterocycles. The molecule has 0 saturated heterocycles. The zero-order chi connectivity index (χ0) is 13.2. The monoisotopic (exact) mass is 283 g/mol. The maximum Gasteiger partial charge on any atom is 0.0417 e. The van der Waals surface area contributed by atoms with Gasteiger partial charge in [-0.25, -0.2) is 0 Å². The Morgan fingerprint density at radius 2 is 2.17 bits per heavy atom. The summed E-state index contributed by atoms with van der Waals surface area (Å²) in [5, 5.41) is 4.99. The highest BCUT2D eigenvalue weighted by Gasteiger charge is 2.38. The highest BCUT2D eigenvalue weighted by atomic mass is 35.5. The highest BCUT2D eigenvalue weighted by molar-refractivity contribution is 8.00. The molecule has 1 aromatic rings. The van der Waals surface area contributed by atoms with Crippen molar-refractivity contribution in [2.24, 2.45) is 5.41 Å². The summed E-state index contributed by atoms with van der Waals surface area (Å²) in [5.41, 5.74) is 0.378. The molecule has 1 fully saturated rings. The van der Waals surface area contributed by atoms with Gasteiger partial charge in [-0.05, 0) is 43.5 Å². The summed E-state index contributed by atoms with van der Waals surface area (Å²) < 4.78 is 0. The zero-order valence-corrected chi connectivity index (χ0v) is 12.9. The van der Waals surface area contributed by atoms with Gasteiger partial charge in [0.15, 0.2) is 0 Å². The van der Waals surface area contributed by atoms with Gasteiger partial charge in [0.05, 0.1) is 0 Å². The van der Waals surface area contributed by atoms with Gasteiger partial charge in [0.25, 0.3) is 0 Å². The second-order valence-electron chi connectivity index (χ2n) is 5.76. The summed E-state index contributed by atoms with van der Waals surface area (Å²) in [6.45, 7) is 4.75. The van der Waals surface area contributed by atoms with Gasteiger partial charge in [0.2, 0.25) is 0 Å². The second-order valence-corrected chi connectivity index (χ2v) is 7.51. The quantitative estimate of drug-likeness (QED) is 0.870. The number of rotatable bonds is 3. The van der Waals surface area contributed by atoms with Gasteiger partial charge in [-0.3, -0.25) is 0 Å². The van der Waals surface area contributed by atoms with E-state index < -0.39 is 0 Å². The SMILES string of the molecule is CNC1C(Sc2cccc(Cl)c2)CCCC1(C)C. The van der Waals surface area contributed by atoms with Gasteiger partial charge in [0.1, 0.15) is 0 Å². The van der Waals surface area contributed by atoms with Crippen molar-refractivity contribution >= 4 is 23.4 Å². The van der Waals surface area contributed by atoms with Crippen LogP contribution in [0.25, 0.3) is 0 Å². The molecule has 18 heavy (non-hydrogen) atoms. The normalized spacial score (nSPS) is 27.1. The van der Waals surface area contributed by atoms with Crippen LogP contribution in [0.1, 0.15) is 33.1 Å². The first-order valence-electron chi connectivity index (χ1n) is 6.62. The lowest BCUT2D eigenvalue weighted by Crippen LogP contribution is -2.49. The standard InChI is InChI=1S/C15H22ClNS/c1-15(2)9-5-8-13(14(15)17-3)18-12-7-4-6-11(16)10-12/h4,6-7,10,13-14,17H,5,8-9H2,1-3H3. The number of nitrogens with one attached hydrogen (secondary N) is 1. The van der Waals surface area contributed by atoms with Crippen LogP contribution in [-0.2, 0) is 0 Å². The number of hydrogen-bond donors (Lipinski definition) is 1. The van der Waals surface area contributed by atoms with E-state index in [2.05, 4.69) is 38.3 Å². The molecule has 1 aliphatic carbocycles. The van der Waals surface area contributed by atoms with E-state index in [0.29, 0.717) is 16.7 Å². The third kappa shape index (κ3) is 3.23. The van der Waals surface area contributed by atoms with Crippen LogP contribution >= 0.6 is 23.4 Å². The molecule has 0 radical (unpaired) electrons. The van der Waals surface area contributed by atoms with Crippen LogP contribution < -0.4 is 5.32 Å². The summed E-state index contributed by atoms with van der Waals surface area (Å²) in [7, 11) is 2.09. The predicted octanol–water partition coefficient (Wildman–Crippen LogP) is 4.60. The van der Waals surface area contributed by atoms with E-state index in [1.807, 2.05) is 23.9 Å². The summed E-state index contributed by atoms with van der Waals surface area (Å²) in [4.78, 5) is 1.28. The fraction of sp³-hybridized carbons (Fsp3) is 0.600. The van der Waals surface area contributed by atoms with E-state index in [9.17, 15) is 0 Å². The van der Waals surface area contributed by atoms with Crippen LogP contribution in [0.15, 0.2) is 29.2 Å². The van der Waals surface area contributed by atoms with Crippen LogP contribution in [-0.4, -0.2) is 18.3 Å². The van der Waals surface area contributed by atoms with Crippen LogP contribution in [0.2, 0.25) is 5.02 Å². The van der Waals surface area contributed by atoms with Crippen LogP contribution in [0.4, 0.5) is 0 Å². The molecule has 0 spiro atoms. The fourth-order valence-electron chi connectivity index (χ4n) is 3.00. The summed E-state index contributed by atoms with van der Waals surface area (Å²) >= 11 is 8.03. The van der Waals surface area contributed by atoms with Crippen LogP contribution in [0.3, 0.4) is 0 Å². The van der Waals surface area contributed by atoms with E-state index in [0.717, 1.165) is 5.02 Å². The average molecular weight is 284 g/mol. The first-order chi connectivity index (χ1) is 8.53. The van der Waals surface area contributed by atoms with Crippen LogP contribution in [0.5, 0.6) is 0 Å². The minimum absolute atomic E-state index is 0.378. The highest BCUT2D eigenvalue weighted by Crippen LogP contribution is 2.42. The Labute approximate surface area is 120 Å². The predicted molar refractivity (Wildman–Crippen MR) is 81.6 cm³/mol. The fourth-order valence-corrected chi connectivity index (χ4v) is 4.88. The van der Waals surface area contributed by atoms with Gasteiger partial charge < -0.3 is 5.32 Å². The first kappa shape index (κ1) is 14.2. The molecular weight excluding hydrogens is 262 g/mol. The van der Waals surface area contributed by atoms with Crippen molar-refractivity contribution in [3.63, 3.8) is 0 Å². The minimum Gasteiger partial charge on any atom is -0.315 e. The number of halogens is 1. The molecule has 100 valence electrons. The van der Waals surface area contributed by atoms with Gasteiger partial charge >= 0.3 is 0 Å². The molecule has 0 aliphatic heterocycles. The van der Waals surface area contributed by atoms with Crippen molar-refractivity contribution < 1.29 is 0 Å².